The number of carboxylic acid groups (broad SMARTS) is 1. The molecule has 0 bridgehead atoms. The molecule has 0 spiro atoms. The molecular formula is C15H16BrNO4S2. The van der Waals surface area contributed by atoms with E-state index in [4.69, 9.17) is 0 Å². The Balaban J connectivity index is 2.67. The van der Waals surface area contributed by atoms with Crippen LogP contribution in [0.1, 0.15) is 19.4 Å². The minimum atomic E-state index is -3.98. The summed E-state index contributed by atoms with van der Waals surface area (Å²) >= 11 is 4.54. The minimum absolute atomic E-state index is 0.0919. The molecule has 1 aromatic rings. The predicted octanol–water partition coefficient (Wildman–Crippen LogP) is 4.35. The molecule has 1 heterocycles. The fourth-order valence-corrected chi connectivity index (χ4v) is 5.35. The number of nitrogens with zero attached hydrogens (tertiary/aromatic N) is 1. The number of carbonyl (C=O) groups is 1. The fourth-order valence-electron chi connectivity index (χ4n) is 2.28. The van der Waals surface area contributed by atoms with Crippen LogP contribution < -0.4 is 0 Å². The second-order valence-corrected chi connectivity index (χ2v) is 9.72. The molecule has 0 saturated heterocycles. The van der Waals surface area contributed by atoms with Crippen molar-refractivity contribution in [2.24, 2.45) is 0 Å². The molecule has 1 amide bonds. The van der Waals surface area contributed by atoms with Crippen LogP contribution in [0.25, 0.3) is 0 Å². The van der Waals surface area contributed by atoms with E-state index in [0.717, 1.165) is 9.37 Å². The lowest BCUT2D eigenvalue weighted by Gasteiger charge is -2.35. The second kappa shape index (κ2) is 6.33. The van der Waals surface area contributed by atoms with Crippen molar-refractivity contribution in [2.75, 3.05) is 0 Å². The quantitative estimate of drug-likeness (QED) is 0.773. The Morgan fingerprint density at radius 3 is 2.57 bits per heavy atom. The molecule has 1 N–H and O–H groups in total. The summed E-state index contributed by atoms with van der Waals surface area (Å²) in [7, 11) is -3.98. The van der Waals surface area contributed by atoms with Gasteiger partial charge in [0.15, 0.2) is 0 Å². The third kappa shape index (κ3) is 3.49. The predicted molar refractivity (Wildman–Crippen MR) is 94.8 cm³/mol. The van der Waals surface area contributed by atoms with Crippen LogP contribution in [-0.2, 0) is 9.84 Å². The number of hydrogen-bond donors (Lipinski definition) is 1. The molecule has 1 aromatic carbocycles. The second-order valence-electron chi connectivity index (χ2n) is 5.43. The van der Waals surface area contributed by atoms with Crippen LogP contribution in [0.5, 0.6) is 0 Å². The Labute approximate surface area is 148 Å². The Morgan fingerprint density at radius 1 is 1.35 bits per heavy atom. The molecule has 1 aliphatic heterocycles. The highest BCUT2D eigenvalue weighted by atomic mass is 79.9. The zero-order chi connectivity index (χ0) is 17.4. The highest BCUT2D eigenvalue weighted by Gasteiger charge is 2.40. The van der Waals surface area contributed by atoms with Crippen LogP contribution in [0.3, 0.4) is 0 Å². The molecule has 0 unspecified atom stereocenters. The van der Waals surface area contributed by atoms with Crippen molar-refractivity contribution < 1.29 is 18.3 Å². The summed E-state index contributed by atoms with van der Waals surface area (Å²) in [4.78, 5) is 11.8. The Morgan fingerprint density at radius 2 is 2.00 bits per heavy atom. The van der Waals surface area contributed by atoms with E-state index in [-0.39, 0.29) is 9.92 Å². The van der Waals surface area contributed by atoms with Gasteiger partial charge in [-0.2, -0.15) is 0 Å². The van der Waals surface area contributed by atoms with E-state index in [1.165, 1.54) is 23.9 Å². The van der Waals surface area contributed by atoms with Gasteiger partial charge in [-0.3, -0.25) is 4.90 Å². The number of rotatable bonds is 2. The monoisotopic (exact) mass is 417 g/mol. The largest absolute Gasteiger partial charge is 0.465 e. The van der Waals surface area contributed by atoms with Crippen molar-refractivity contribution in [3.05, 3.63) is 50.8 Å². The highest BCUT2D eigenvalue weighted by molar-refractivity contribution is 9.10. The average Bonchev–Trinajstić information content (AvgIpc) is 2.56. The van der Waals surface area contributed by atoms with Crippen molar-refractivity contribution in [1.29, 1.82) is 0 Å². The summed E-state index contributed by atoms with van der Waals surface area (Å²) < 4.78 is 26.8. The summed E-state index contributed by atoms with van der Waals surface area (Å²) in [5.74, 6) is 0. The SMILES string of the molecule is Cc1cc(Br)ccc1S(=O)(=O)C1=CC=CSC(C)(C)N1C(=O)O. The number of thioether (sulfide) groups is 1. The van der Waals surface area contributed by atoms with Gasteiger partial charge >= 0.3 is 6.09 Å². The maximum atomic E-state index is 13.0. The first-order valence-corrected chi connectivity index (χ1v) is 9.82. The highest BCUT2D eigenvalue weighted by Crippen LogP contribution is 2.39. The Hall–Kier alpha value is -1.25. The zero-order valence-corrected chi connectivity index (χ0v) is 16.0. The summed E-state index contributed by atoms with van der Waals surface area (Å²) in [6.45, 7) is 5.01. The number of hydrogen-bond acceptors (Lipinski definition) is 4. The molecule has 23 heavy (non-hydrogen) atoms. The van der Waals surface area contributed by atoms with E-state index in [9.17, 15) is 18.3 Å². The van der Waals surface area contributed by atoms with Gasteiger partial charge in [-0.25, -0.2) is 13.2 Å². The van der Waals surface area contributed by atoms with E-state index in [2.05, 4.69) is 15.9 Å². The first kappa shape index (κ1) is 18.1. The normalized spacial score (nSPS) is 17.6. The third-order valence-electron chi connectivity index (χ3n) is 3.33. The van der Waals surface area contributed by atoms with Gasteiger partial charge in [0.25, 0.3) is 0 Å². The molecule has 0 radical (unpaired) electrons. The van der Waals surface area contributed by atoms with Crippen LogP contribution >= 0.6 is 27.7 Å². The lowest BCUT2D eigenvalue weighted by molar-refractivity contribution is 0.145. The standard InChI is InChI=1S/C15H16BrNO4S2/c1-10-9-11(16)6-7-12(10)23(20,21)13-5-4-8-22-15(2,3)17(13)14(18)19/h4-9H,1-3H3,(H,18,19). The van der Waals surface area contributed by atoms with Crippen molar-refractivity contribution in [3.8, 4) is 0 Å². The number of amides is 1. The third-order valence-corrected chi connectivity index (χ3v) is 6.78. The first-order valence-electron chi connectivity index (χ1n) is 6.66. The molecule has 0 fully saturated rings. The molecule has 124 valence electrons. The molecule has 2 rings (SSSR count). The van der Waals surface area contributed by atoms with E-state index in [1.807, 2.05) is 0 Å². The number of halogens is 1. The summed E-state index contributed by atoms with van der Waals surface area (Å²) in [6, 6.07) is 4.79. The summed E-state index contributed by atoms with van der Waals surface area (Å²) in [6.07, 6.45) is 1.57. The number of benzene rings is 1. The fraction of sp³-hybridized carbons (Fsp3) is 0.267. The van der Waals surface area contributed by atoms with Crippen LogP contribution in [-0.4, -0.2) is 29.4 Å². The molecular weight excluding hydrogens is 402 g/mol. The van der Waals surface area contributed by atoms with Gasteiger partial charge < -0.3 is 5.11 Å². The van der Waals surface area contributed by atoms with Gasteiger partial charge in [-0.1, -0.05) is 22.0 Å². The average molecular weight is 418 g/mol. The Bertz CT molecular complexity index is 813. The summed E-state index contributed by atoms with van der Waals surface area (Å²) in [5, 5.41) is 11.0. The van der Waals surface area contributed by atoms with Crippen LogP contribution in [0, 0.1) is 6.92 Å². The molecule has 5 nitrogen and oxygen atoms in total. The maximum absolute atomic E-state index is 13.0. The van der Waals surface area contributed by atoms with E-state index >= 15 is 0 Å². The van der Waals surface area contributed by atoms with Gasteiger partial charge in [-0.05, 0) is 56.0 Å². The molecule has 0 saturated carbocycles. The number of allylic oxidation sites excluding steroid dienone is 2. The molecule has 0 atom stereocenters. The van der Waals surface area contributed by atoms with Crippen molar-refractivity contribution in [1.82, 2.24) is 4.90 Å². The molecule has 0 aliphatic carbocycles. The van der Waals surface area contributed by atoms with Gasteiger partial charge in [0.05, 0.1) is 9.77 Å². The van der Waals surface area contributed by atoms with Crippen LogP contribution in [0.15, 0.2) is 50.2 Å². The van der Waals surface area contributed by atoms with E-state index in [0.29, 0.717) is 5.56 Å². The first-order chi connectivity index (χ1) is 10.6. The lowest BCUT2D eigenvalue weighted by atomic mass is 10.2. The maximum Gasteiger partial charge on any atom is 0.413 e. The Kier molecular flexibility index (Phi) is 4.98. The van der Waals surface area contributed by atoms with Gasteiger partial charge in [0.2, 0.25) is 9.84 Å². The lowest BCUT2D eigenvalue weighted by Crippen LogP contribution is -2.45. The van der Waals surface area contributed by atoms with Crippen molar-refractivity contribution >= 4 is 43.6 Å². The minimum Gasteiger partial charge on any atom is -0.465 e. The van der Waals surface area contributed by atoms with Gasteiger partial charge in [-0.15, -0.1) is 11.8 Å². The smallest absolute Gasteiger partial charge is 0.413 e. The molecule has 1 aliphatic rings. The molecule has 0 aromatic heterocycles. The molecule has 8 heteroatoms. The van der Waals surface area contributed by atoms with E-state index < -0.39 is 20.8 Å². The summed E-state index contributed by atoms with van der Waals surface area (Å²) in [5.41, 5.74) is 0.546. The zero-order valence-electron chi connectivity index (χ0n) is 12.8. The van der Waals surface area contributed by atoms with Gasteiger partial charge in [0.1, 0.15) is 5.03 Å². The van der Waals surface area contributed by atoms with Crippen LogP contribution in [0.2, 0.25) is 0 Å². The van der Waals surface area contributed by atoms with Crippen molar-refractivity contribution in [2.45, 2.75) is 30.5 Å². The van der Waals surface area contributed by atoms with E-state index in [1.54, 1.807) is 44.4 Å². The van der Waals surface area contributed by atoms with Crippen LogP contribution in [0.4, 0.5) is 4.79 Å². The topological polar surface area (TPSA) is 74.7 Å². The van der Waals surface area contributed by atoms with Crippen molar-refractivity contribution in [3.63, 3.8) is 0 Å². The number of sulfone groups is 1. The van der Waals surface area contributed by atoms with Gasteiger partial charge in [0, 0.05) is 4.47 Å². The number of aryl methyl sites for hydroxylation is 1.